The van der Waals surface area contributed by atoms with E-state index in [1.165, 1.54) is 6.20 Å². The molecule has 0 aliphatic heterocycles. The molecule has 0 bridgehead atoms. The normalized spacial score (nSPS) is 13.0. The van der Waals surface area contributed by atoms with Crippen molar-refractivity contribution in [2.45, 2.75) is 19.1 Å². The molecule has 2 aromatic rings. The van der Waals surface area contributed by atoms with Gasteiger partial charge in [0.2, 0.25) is 0 Å². The molecule has 0 spiro atoms. The summed E-state index contributed by atoms with van der Waals surface area (Å²) in [5, 5.41) is 2.47. The fraction of sp³-hybridized carbons (Fsp3) is 0.231. The maximum Gasteiger partial charge on any atom is 0.419 e. The Hall–Kier alpha value is -2.38. The number of nitrogens with zero attached hydrogens (tertiary/aromatic N) is 1. The summed E-state index contributed by atoms with van der Waals surface area (Å²) in [5.41, 5.74) is -1.75. The first kappa shape index (κ1) is 15.0. The van der Waals surface area contributed by atoms with Crippen LogP contribution in [0.25, 0.3) is 0 Å². The maximum absolute atomic E-state index is 13.1. The molecule has 1 atom stereocenters. The van der Waals surface area contributed by atoms with Gasteiger partial charge >= 0.3 is 6.18 Å². The summed E-state index contributed by atoms with van der Waals surface area (Å²) >= 11 is 0. The smallest absolute Gasteiger partial charge is 0.347 e. The Balaban J connectivity index is 2.20. The third kappa shape index (κ3) is 3.39. The lowest BCUT2D eigenvalue weighted by atomic mass is 10.1. The monoisotopic (exact) mass is 301 g/mol. The molecular formula is C13H11F4N3O. The molecule has 1 heterocycles. The molecule has 0 saturated heterocycles. The third-order valence-electron chi connectivity index (χ3n) is 2.81. The quantitative estimate of drug-likeness (QED) is 0.856. The van der Waals surface area contributed by atoms with Crippen molar-refractivity contribution in [2.75, 3.05) is 0 Å². The number of imidazole rings is 1. The molecule has 0 radical (unpaired) electrons. The van der Waals surface area contributed by atoms with E-state index < -0.39 is 29.5 Å². The Morgan fingerprint density at radius 3 is 2.67 bits per heavy atom. The molecule has 1 aromatic carbocycles. The molecule has 2 N–H and O–H groups in total. The molecule has 0 saturated carbocycles. The Morgan fingerprint density at radius 1 is 1.38 bits per heavy atom. The summed E-state index contributed by atoms with van der Waals surface area (Å²) in [6.45, 7) is 1.62. The third-order valence-corrected chi connectivity index (χ3v) is 2.81. The van der Waals surface area contributed by atoms with Crippen LogP contribution in [0.1, 0.15) is 34.7 Å². The maximum atomic E-state index is 13.1. The molecular weight excluding hydrogens is 290 g/mol. The van der Waals surface area contributed by atoms with Crippen LogP contribution < -0.4 is 5.32 Å². The van der Waals surface area contributed by atoms with E-state index in [1.54, 1.807) is 13.1 Å². The molecule has 0 aliphatic carbocycles. The van der Waals surface area contributed by atoms with Crippen molar-refractivity contribution in [2.24, 2.45) is 0 Å². The van der Waals surface area contributed by atoms with Crippen LogP contribution >= 0.6 is 0 Å². The average molecular weight is 301 g/mol. The molecule has 21 heavy (non-hydrogen) atoms. The zero-order chi connectivity index (χ0) is 15.6. The van der Waals surface area contributed by atoms with E-state index in [-0.39, 0.29) is 5.56 Å². The second kappa shape index (κ2) is 5.55. The summed E-state index contributed by atoms with van der Waals surface area (Å²) in [6, 6.07) is 1.58. The van der Waals surface area contributed by atoms with Crippen molar-refractivity contribution in [1.82, 2.24) is 15.3 Å². The Kier molecular flexibility index (Phi) is 3.97. The molecule has 2 rings (SSSR count). The van der Waals surface area contributed by atoms with Crippen LogP contribution in [0.4, 0.5) is 17.6 Å². The summed E-state index contributed by atoms with van der Waals surface area (Å²) in [7, 11) is 0. The molecule has 1 aromatic heterocycles. The first-order chi connectivity index (χ1) is 9.79. The number of hydrogen-bond acceptors (Lipinski definition) is 2. The lowest BCUT2D eigenvalue weighted by Gasteiger charge is -2.13. The number of aromatic nitrogens is 2. The predicted molar refractivity (Wildman–Crippen MR) is 65.9 cm³/mol. The van der Waals surface area contributed by atoms with Gasteiger partial charge in [-0.15, -0.1) is 0 Å². The first-order valence-corrected chi connectivity index (χ1v) is 5.96. The number of hydrogen-bond donors (Lipinski definition) is 2. The van der Waals surface area contributed by atoms with Gasteiger partial charge in [0.1, 0.15) is 11.6 Å². The second-order valence-corrected chi connectivity index (χ2v) is 4.36. The van der Waals surface area contributed by atoms with Gasteiger partial charge in [0.05, 0.1) is 11.6 Å². The van der Waals surface area contributed by atoms with E-state index in [2.05, 4.69) is 15.3 Å². The summed E-state index contributed by atoms with van der Waals surface area (Å²) in [6.07, 6.45) is -1.82. The van der Waals surface area contributed by atoms with Gasteiger partial charge in [-0.25, -0.2) is 9.37 Å². The number of aromatic amines is 1. The van der Waals surface area contributed by atoms with Crippen molar-refractivity contribution in [1.29, 1.82) is 0 Å². The second-order valence-electron chi connectivity index (χ2n) is 4.36. The standard InChI is InChI=1S/C13H11F4N3O/c1-7(11-18-4-5-19-11)20-12(21)8-2-3-10(14)9(6-8)13(15,16)17/h2-7H,1H3,(H,18,19)(H,20,21). The van der Waals surface area contributed by atoms with Crippen LogP contribution in [-0.4, -0.2) is 15.9 Å². The van der Waals surface area contributed by atoms with Crippen LogP contribution in [0.15, 0.2) is 30.6 Å². The molecule has 4 nitrogen and oxygen atoms in total. The van der Waals surface area contributed by atoms with Crippen molar-refractivity contribution >= 4 is 5.91 Å². The van der Waals surface area contributed by atoms with Gasteiger partial charge in [-0.1, -0.05) is 0 Å². The van der Waals surface area contributed by atoms with Crippen molar-refractivity contribution in [3.8, 4) is 0 Å². The van der Waals surface area contributed by atoms with Crippen LogP contribution in [0, 0.1) is 5.82 Å². The minimum absolute atomic E-state index is 0.276. The number of alkyl halides is 3. The summed E-state index contributed by atoms with van der Waals surface area (Å²) in [4.78, 5) is 18.6. The Bertz CT molecular complexity index is 637. The van der Waals surface area contributed by atoms with E-state index >= 15 is 0 Å². The van der Waals surface area contributed by atoms with E-state index in [0.717, 1.165) is 6.07 Å². The van der Waals surface area contributed by atoms with Gasteiger partial charge in [0, 0.05) is 18.0 Å². The number of benzene rings is 1. The topological polar surface area (TPSA) is 57.8 Å². The molecule has 1 unspecified atom stereocenters. The van der Waals surface area contributed by atoms with Gasteiger partial charge < -0.3 is 10.3 Å². The minimum atomic E-state index is -4.85. The van der Waals surface area contributed by atoms with Gasteiger partial charge in [0.15, 0.2) is 0 Å². The lowest BCUT2D eigenvalue weighted by molar-refractivity contribution is -0.140. The van der Waals surface area contributed by atoms with Gasteiger partial charge in [-0.3, -0.25) is 4.79 Å². The van der Waals surface area contributed by atoms with E-state index in [0.29, 0.717) is 18.0 Å². The highest BCUT2D eigenvalue weighted by Gasteiger charge is 2.34. The van der Waals surface area contributed by atoms with Gasteiger partial charge in [-0.05, 0) is 25.1 Å². The molecule has 0 aliphatic rings. The highest BCUT2D eigenvalue weighted by Crippen LogP contribution is 2.31. The number of carbonyl (C=O) groups is 1. The minimum Gasteiger partial charge on any atom is -0.347 e. The molecule has 1 amide bonds. The summed E-state index contributed by atoms with van der Waals surface area (Å²) < 4.78 is 50.9. The van der Waals surface area contributed by atoms with E-state index in [4.69, 9.17) is 0 Å². The average Bonchev–Trinajstić information content (AvgIpc) is 2.91. The number of amides is 1. The summed E-state index contributed by atoms with van der Waals surface area (Å²) in [5.74, 6) is -1.70. The van der Waals surface area contributed by atoms with Crippen LogP contribution in [0.3, 0.4) is 0 Å². The number of H-pyrrole nitrogens is 1. The predicted octanol–water partition coefficient (Wildman–Crippen LogP) is 3.06. The molecule has 0 fully saturated rings. The highest BCUT2D eigenvalue weighted by molar-refractivity contribution is 5.94. The number of nitrogens with one attached hydrogen (secondary N) is 2. The van der Waals surface area contributed by atoms with Gasteiger partial charge in [0.25, 0.3) is 5.91 Å². The zero-order valence-electron chi connectivity index (χ0n) is 10.8. The van der Waals surface area contributed by atoms with Gasteiger partial charge in [-0.2, -0.15) is 13.2 Å². The fourth-order valence-corrected chi connectivity index (χ4v) is 1.75. The number of halogens is 4. The van der Waals surface area contributed by atoms with E-state index in [9.17, 15) is 22.4 Å². The SMILES string of the molecule is CC(NC(=O)c1ccc(F)c(C(F)(F)F)c1)c1ncc[nH]1. The fourth-order valence-electron chi connectivity index (χ4n) is 1.75. The van der Waals surface area contributed by atoms with Crippen LogP contribution in [-0.2, 0) is 6.18 Å². The van der Waals surface area contributed by atoms with E-state index in [1.807, 2.05) is 0 Å². The number of carbonyl (C=O) groups excluding carboxylic acids is 1. The molecule has 112 valence electrons. The van der Waals surface area contributed by atoms with Crippen LogP contribution in [0.5, 0.6) is 0 Å². The van der Waals surface area contributed by atoms with Crippen molar-refractivity contribution in [3.63, 3.8) is 0 Å². The molecule has 8 heteroatoms. The zero-order valence-corrected chi connectivity index (χ0v) is 10.8. The Labute approximate surface area is 117 Å². The Morgan fingerprint density at radius 2 is 2.10 bits per heavy atom. The first-order valence-electron chi connectivity index (χ1n) is 5.96. The lowest BCUT2D eigenvalue weighted by Crippen LogP contribution is -2.27. The highest BCUT2D eigenvalue weighted by atomic mass is 19.4. The van der Waals surface area contributed by atoms with Crippen molar-refractivity contribution < 1.29 is 22.4 Å². The largest absolute Gasteiger partial charge is 0.419 e. The number of rotatable bonds is 3. The van der Waals surface area contributed by atoms with Crippen LogP contribution in [0.2, 0.25) is 0 Å². The van der Waals surface area contributed by atoms with Crippen molar-refractivity contribution in [3.05, 3.63) is 53.4 Å².